The predicted molar refractivity (Wildman–Crippen MR) is 85.3 cm³/mol. The Kier molecular flexibility index (Phi) is 3.34. The van der Waals surface area contributed by atoms with Gasteiger partial charge in [-0.15, -0.1) is 11.8 Å². The molecule has 0 radical (unpaired) electrons. The minimum atomic E-state index is 0.0113. The molecular weight excluding hydrogens is 282 g/mol. The molecule has 2 bridgehead atoms. The Morgan fingerprint density at radius 3 is 2.86 bits per heavy atom. The molecule has 4 aliphatic heterocycles. The van der Waals surface area contributed by atoms with E-state index < -0.39 is 0 Å². The zero-order valence-electron chi connectivity index (χ0n) is 12.0. The van der Waals surface area contributed by atoms with Crippen molar-refractivity contribution in [1.82, 2.24) is 10.2 Å². The van der Waals surface area contributed by atoms with Crippen LogP contribution in [-0.4, -0.2) is 41.7 Å². The van der Waals surface area contributed by atoms with Crippen molar-refractivity contribution in [2.24, 2.45) is 5.92 Å². The summed E-state index contributed by atoms with van der Waals surface area (Å²) in [6.45, 7) is 3.45. The number of carbonyl (C=O) groups is 1. The fourth-order valence-electron chi connectivity index (χ4n) is 3.79. The van der Waals surface area contributed by atoms with Gasteiger partial charge in [-0.1, -0.05) is 6.07 Å². The van der Waals surface area contributed by atoms with Gasteiger partial charge in [0.2, 0.25) is 5.91 Å². The zero-order valence-corrected chi connectivity index (χ0v) is 12.9. The molecule has 1 amide bonds. The number of nitrogens with zero attached hydrogens (tertiary/aromatic N) is 1. The van der Waals surface area contributed by atoms with Crippen LogP contribution in [0.4, 0.5) is 5.69 Å². The maximum atomic E-state index is 12.6. The Bertz CT molecular complexity index is 569. The van der Waals surface area contributed by atoms with Crippen molar-refractivity contribution < 1.29 is 4.79 Å². The highest BCUT2D eigenvalue weighted by molar-refractivity contribution is 8.01. The lowest BCUT2D eigenvalue weighted by Crippen LogP contribution is -2.58. The van der Waals surface area contributed by atoms with E-state index in [2.05, 4.69) is 16.3 Å². The third kappa shape index (κ3) is 2.53. The molecule has 4 nitrogen and oxygen atoms in total. The minimum absolute atomic E-state index is 0.0113. The standard InChI is InChI=1S/C16H21N3OS/c17-12-2-1-11-7-15(21-14(11)8-12)16(20)18-13-9-19-5-3-10(13)4-6-19/h1-2,8,10,13,15H,3-7,9,17H2,(H,18,20)/t13-,15?/m0/s1. The van der Waals surface area contributed by atoms with Crippen LogP contribution < -0.4 is 11.1 Å². The first-order valence-corrected chi connectivity index (χ1v) is 8.65. The van der Waals surface area contributed by atoms with Crippen LogP contribution in [0, 0.1) is 5.92 Å². The lowest BCUT2D eigenvalue weighted by Gasteiger charge is -2.45. The van der Waals surface area contributed by atoms with E-state index >= 15 is 0 Å². The second-order valence-electron chi connectivity index (χ2n) is 6.43. The third-order valence-corrected chi connectivity index (χ3v) is 6.34. The number of piperidine rings is 3. The Morgan fingerprint density at radius 1 is 1.33 bits per heavy atom. The van der Waals surface area contributed by atoms with Crippen molar-refractivity contribution in [3.8, 4) is 0 Å². The van der Waals surface area contributed by atoms with Gasteiger partial charge in [0.05, 0.1) is 5.25 Å². The number of thioether (sulfide) groups is 1. The SMILES string of the molecule is Nc1ccc2c(c1)SC(C(=O)N[C@H]1CN3CCC1CC3)C2. The molecule has 1 aromatic rings. The summed E-state index contributed by atoms with van der Waals surface area (Å²) in [4.78, 5) is 16.2. The number of hydrogen-bond acceptors (Lipinski definition) is 4. The van der Waals surface area contributed by atoms with E-state index in [1.54, 1.807) is 11.8 Å². The van der Waals surface area contributed by atoms with E-state index in [1.807, 2.05) is 12.1 Å². The number of rotatable bonds is 2. The molecule has 3 fully saturated rings. The summed E-state index contributed by atoms with van der Waals surface area (Å²) in [5.74, 6) is 0.886. The number of amides is 1. The van der Waals surface area contributed by atoms with Gasteiger partial charge in [-0.05, 0) is 56.0 Å². The van der Waals surface area contributed by atoms with Crippen LogP contribution in [-0.2, 0) is 11.2 Å². The average molecular weight is 303 g/mol. The van der Waals surface area contributed by atoms with Gasteiger partial charge in [-0.3, -0.25) is 4.79 Å². The predicted octanol–water partition coefficient (Wildman–Crippen LogP) is 1.50. The Hall–Kier alpha value is -1.20. The lowest BCUT2D eigenvalue weighted by atomic mass is 9.84. The molecule has 3 N–H and O–H groups in total. The normalized spacial score (nSPS) is 33.7. The number of fused-ring (bicyclic) bond motifs is 4. The van der Waals surface area contributed by atoms with Crippen molar-refractivity contribution in [3.63, 3.8) is 0 Å². The summed E-state index contributed by atoms with van der Waals surface area (Å²) < 4.78 is 0. The molecule has 2 atom stereocenters. The molecular formula is C16H21N3OS. The number of nitrogen functional groups attached to an aromatic ring is 1. The number of nitrogens with two attached hydrogens (primary N) is 1. The van der Waals surface area contributed by atoms with Crippen LogP contribution in [0.25, 0.3) is 0 Å². The van der Waals surface area contributed by atoms with Gasteiger partial charge >= 0.3 is 0 Å². The quantitative estimate of drug-likeness (QED) is 0.813. The van der Waals surface area contributed by atoms with Crippen LogP contribution in [0.5, 0.6) is 0 Å². The number of nitrogens with one attached hydrogen (secondary N) is 1. The lowest BCUT2D eigenvalue weighted by molar-refractivity contribution is -0.122. The summed E-state index contributed by atoms with van der Waals surface area (Å²) in [6, 6.07) is 6.32. The number of carbonyl (C=O) groups excluding carboxylic acids is 1. The van der Waals surface area contributed by atoms with Gasteiger partial charge < -0.3 is 16.0 Å². The number of benzene rings is 1. The van der Waals surface area contributed by atoms with Crippen molar-refractivity contribution in [2.45, 2.75) is 35.4 Å². The number of hydrogen-bond donors (Lipinski definition) is 2. The molecule has 1 aromatic carbocycles. The molecule has 21 heavy (non-hydrogen) atoms. The zero-order chi connectivity index (χ0) is 14.4. The first-order chi connectivity index (χ1) is 10.2. The molecule has 112 valence electrons. The monoisotopic (exact) mass is 303 g/mol. The molecule has 1 unspecified atom stereocenters. The van der Waals surface area contributed by atoms with Crippen molar-refractivity contribution in [2.75, 3.05) is 25.4 Å². The van der Waals surface area contributed by atoms with Crippen LogP contribution in [0.3, 0.4) is 0 Å². The summed E-state index contributed by atoms with van der Waals surface area (Å²) in [5.41, 5.74) is 7.85. The molecule has 4 heterocycles. The van der Waals surface area contributed by atoms with Crippen LogP contribution >= 0.6 is 11.8 Å². The minimum Gasteiger partial charge on any atom is -0.399 e. The van der Waals surface area contributed by atoms with Gasteiger partial charge in [0.15, 0.2) is 0 Å². The molecule has 0 spiro atoms. The third-order valence-electron chi connectivity index (χ3n) is 5.04. The van der Waals surface area contributed by atoms with Crippen LogP contribution in [0.15, 0.2) is 23.1 Å². The summed E-state index contributed by atoms with van der Waals surface area (Å²) in [6.07, 6.45) is 3.30. The maximum absolute atomic E-state index is 12.6. The molecule has 0 saturated carbocycles. The molecule has 5 rings (SSSR count). The van der Waals surface area contributed by atoms with E-state index in [1.165, 1.54) is 36.4 Å². The summed E-state index contributed by atoms with van der Waals surface area (Å²) in [7, 11) is 0. The molecule has 0 aromatic heterocycles. The number of anilines is 1. The van der Waals surface area contributed by atoms with E-state index in [0.29, 0.717) is 12.0 Å². The molecule has 0 aliphatic carbocycles. The molecule has 5 heteroatoms. The fraction of sp³-hybridized carbons (Fsp3) is 0.562. The first kappa shape index (κ1) is 13.5. The Morgan fingerprint density at radius 2 is 2.14 bits per heavy atom. The van der Waals surface area contributed by atoms with E-state index in [0.717, 1.165) is 18.7 Å². The van der Waals surface area contributed by atoms with Gasteiger partial charge in [-0.2, -0.15) is 0 Å². The highest BCUT2D eigenvalue weighted by atomic mass is 32.2. The maximum Gasteiger partial charge on any atom is 0.234 e. The van der Waals surface area contributed by atoms with Gasteiger partial charge in [-0.25, -0.2) is 0 Å². The second-order valence-corrected chi connectivity index (χ2v) is 7.68. The Balaban J connectivity index is 1.41. The molecule has 3 saturated heterocycles. The highest BCUT2D eigenvalue weighted by Gasteiger charge is 2.37. The van der Waals surface area contributed by atoms with Gasteiger partial charge in [0.25, 0.3) is 0 Å². The first-order valence-electron chi connectivity index (χ1n) is 7.77. The second kappa shape index (κ2) is 5.21. The summed E-state index contributed by atoms with van der Waals surface area (Å²) in [5, 5.41) is 3.32. The topological polar surface area (TPSA) is 58.4 Å². The van der Waals surface area contributed by atoms with Crippen molar-refractivity contribution in [1.29, 1.82) is 0 Å². The fourth-order valence-corrected chi connectivity index (χ4v) is 5.05. The van der Waals surface area contributed by atoms with Gasteiger partial charge in [0, 0.05) is 23.2 Å². The van der Waals surface area contributed by atoms with Crippen molar-refractivity contribution in [3.05, 3.63) is 23.8 Å². The smallest absolute Gasteiger partial charge is 0.234 e. The highest BCUT2D eigenvalue weighted by Crippen LogP contribution is 2.38. The average Bonchev–Trinajstić information content (AvgIpc) is 2.91. The van der Waals surface area contributed by atoms with Crippen LogP contribution in [0.1, 0.15) is 18.4 Å². The Labute approximate surface area is 129 Å². The van der Waals surface area contributed by atoms with Gasteiger partial charge in [0.1, 0.15) is 0 Å². The van der Waals surface area contributed by atoms with E-state index in [9.17, 15) is 4.79 Å². The van der Waals surface area contributed by atoms with Crippen LogP contribution in [0.2, 0.25) is 0 Å². The summed E-state index contributed by atoms with van der Waals surface area (Å²) >= 11 is 1.66. The van der Waals surface area contributed by atoms with E-state index in [-0.39, 0.29) is 11.2 Å². The van der Waals surface area contributed by atoms with Crippen molar-refractivity contribution >= 4 is 23.4 Å². The largest absolute Gasteiger partial charge is 0.399 e. The molecule has 4 aliphatic rings. The van der Waals surface area contributed by atoms with E-state index in [4.69, 9.17) is 5.73 Å².